The molecule has 0 aliphatic carbocycles. The van der Waals surface area contributed by atoms with E-state index in [1.165, 1.54) is 12.1 Å². The van der Waals surface area contributed by atoms with Crippen LogP contribution in [0.3, 0.4) is 0 Å². The molecule has 1 aliphatic heterocycles. The minimum absolute atomic E-state index is 0.164. The smallest absolute Gasteiger partial charge is 0.315 e. The lowest BCUT2D eigenvalue weighted by Gasteiger charge is -2.35. The third-order valence-electron chi connectivity index (χ3n) is 4.26. The van der Waals surface area contributed by atoms with E-state index in [9.17, 15) is 27.2 Å². The molecule has 1 aliphatic rings. The maximum absolute atomic E-state index is 13.4. The average Bonchev–Trinajstić information content (AvgIpc) is 2.65. The summed E-state index contributed by atoms with van der Waals surface area (Å²) in [5.41, 5.74) is 0.789. The van der Waals surface area contributed by atoms with Gasteiger partial charge in [0.05, 0.1) is 17.1 Å². The molecule has 0 fully saturated rings. The molecule has 0 saturated heterocycles. The van der Waals surface area contributed by atoms with Gasteiger partial charge in [-0.2, -0.15) is 13.2 Å². The largest absolute Gasteiger partial charge is 0.423 e. The van der Waals surface area contributed by atoms with Crippen LogP contribution in [0.4, 0.5) is 17.6 Å². The van der Waals surface area contributed by atoms with Crippen molar-refractivity contribution in [3.8, 4) is 0 Å². The van der Waals surface area contributed by atoms with Gasteiger partial charge in [0.2, 0.25) is 0 Å². The first-order valence-corrected chi connectivity index (χ1v) is 9.64. The van der Waals surface area contributed by atoms with Crippen LogP contribution in [-0.4, -0.2) is 34.6 Å². The summed E-state index contributed by atoms with van der Waals surface area (Å²) in [4.78, 5) is 25.7. The number of benzene rings is 2. The highest BCUT2D eigenvalue weighted by atomic mass is 35.5. The molecule has 0 bridgehead atoms. The van der Waals surface area contributed by atoms with E-state index in [1.807, 2.05) is 0 Å². The zero-order valence-electron chi connectivity index (χ0n) is 15.3. The third-order valence-corrected chi connectivity index (χ3v) is 5.28. The van der Waals surface area contributed by atoms with Crippen LogP contribution in [0, 0.1) is 5.82 Å². The summed E-state index contributed by atoms with van der Waals surface area (Å²) in [7, 11) is 0. The first-order valence-electron chi connectivity index (χ1n) is 8.51. The molecule has 0 unspecified atom stereocenters. The molecule has 12 heteroatoms. The highest BCUT2D eigenvalue weighted by Crippen LogP contribution is 2.32. The van der Waals surface area contributed by atoms with Crippen molar-refractivity contribution in [1.82, 2.24) is 15.3 Å². The van der Waals surface area contributed by atoms with Crippen LogP contribution in [0.1, 0.15) is 15.9 Å². The van der Waals surface area contributed by atoms with Crippen LogP contribution in [0.5, 0.6) is 0 Å². The standard InChI is InChI=1S/C19H12Cl3F4N3O2/c20-14-2-1-3-15(21)12(14)7-28-9-29(8-13(18(28)31)19(24,25)26)27-17(30)11-5-4-10(23)6-16(11)22/h1-6,8H,7,9H2,(H,27,30). The number of carbonyl (C=O) groups excluding carboxylic acids is 2. The Morgan fingerprint density at radius 3 is 2.29 bits per heavy atom. The van der Waals surface area contributed by atoms with Gasteiger partial charge in [-0.05, 0) is 30.3 Å². The van der Waals surface area contributed by atoms with Gasteiger partial charge in [0.1, 0.15) is 18.1 Å². The Balaban J connectivity index is 1.90. The van der Waals surface area contributed by atoms with E-state index in [1.54, 1.807) is 6.07 Å². The van der Waals surface area contributed by atoms with Crippen LogP contribution >= 0.6 is 34.8 Å². The number of alkyl halides is 3. The van der Waals surface area contributed by atoms with Gasteiger partial charge in [-0.3, -0.25) is 20.0 Å². The van der Waals surface area contributed by atoms with Crippen molar-refractivity contribution in [1.29, 1.82) is 0 Å². The zero-order valence-corrected chi connectivity index (χ0v) is 17.6. The van der Waals surface area contributed by atoms with E-state index in [4.69, 9.17) is 34.8 Å². The Morgan fingerprint density at radius 2 is 1.71 bits per heavy atom. The lowest BCUT2D eigenvalue weighted by atomic mass is 10.1. The maximum Gasteiger partial charge on any atom is 0.423 e. The van der Waals surface area contributed by atoms with Gasteiger partial charge in [-0.25, -0.2) is 4.39 Å². The van der Waals surface area contributed by atoms with Crippen molar-refractivity contribution in [2.24, 2.45) is 0 Å². The van der Waals surface area contributed by atoms with Crippen molar-refractivity contribution < 1.29 is 27.2 Å². The first-order chi connectivity index (χ1) is 14.5. The summed E-state index contributed by atoms with van der Waals surface area (Å²) >= 11 is 18.0. The summed E-state index contributed by atoms with van der Waals surface area (Å²) in [5, 5.41) is 0.872. The highest BCUT2D eigenvalue weighted by Gasteiger charge is 2.44. The number of hydrogen-bond acceptors (Lipinski definition) is 3. The fraction of sp³-hybridized carbons (Fsp3) is 0.158. The number of amides is 2. The summed E-state index contributed by atoms with van der Waals surface area (Å²) < 4.78 is 53.5. The molecular weight excluding hydrogens is 485 g/mol. The quantitative estimate of drug-likeness (QED) is 0.594. The lowest BCUT2D eigenvalue weighted by molar-refractivity contribution is -0.145. The van der Waals surface area contributed by atoms with Crippen LogP contribution in [0.2, 0.25) is 15.1 Å². The monoisotopic (exact) mass is 495 g/mol. The topological polar surface area (TPSA) is 52.7 Å². The number of halogens is 7. The van der Waals surface area contributed by atoms with E-state index < -0.39 is 36.0 Å². The Kier molecular flexibility index (Phi) is 6.68. The van der Waals surface area contributed by atoms with Gasteiger partial charge in [0, 0.05) is 21.8 Å². The molecule has 1 N–H and O–H groups in total. The molecule has 31 heavy (non-hydrogen) atoms. The fourth-order valence-electron chi connectivity index (χ4n) is 2.79. The molecule has 2 aromatic rings. The summed E-state index contributed by atoms with van der Waals surface area (Å²) in [6, 6.07) is 7.45. The first kappa shape index (κ1) is 23.2. The third kappa shape index (κ3) is 5.23. The predicted molar refractivity (Wildman–Crippen MR) is 107 cm³/mol. The van der Waals surface area contributed by atoms with Gasteiger partial charge < -0.3 is 4.90 Å². The Morgan fingerprint density at radius 1 is 1.06 bits per heavy atom. The Hall–Kier alpha value is -2.49. The molecule has 3 rings (SSSR count). The number of hydrazine groups is 1. The van der Waals surface area contributed by atoms with Crippen LogP contribution in [-0.2, 0) is 11.3 Å². The van der Waals surface area contributed by atoms with Crippen molar-refractivity contribution in [3.63, 3.8) is 0 Å². The van der Waals surface area contributed by atoms with Crippen molar-refractivity contribution in [3.05, 3.63) is 80.2 Å². The number of hydrogen-bond donors (Lipinski definition) is 1. The van der Waals surface area contributed by atoms with Crippen molar-refractivity contribution in [2.75, 3.05) is 6.67 Å². The second-order valence-electron chi connectivity index (χ2n) is 6.42. The maximum atomic E-state index is 13.4. The zero-order chi connectivity index (χ0) is 22.9. The van der Waals surface area contributed by atoms with Gasteiger partial charge >= 0.3 is 6.18 Å². The molecule has 164 valence electrons. The van der Waals surface area contributed by atoms with Gasteiger partial charge in [0.15, 0.2) is 0 Å². The minimum atomic E-state index is -4.99. The van der Waals surface area contributed by atoms with Crippen LogP contribution < -0.4 is 5.43 Å². The lowest BCUT2D eigenvalue weighted by Crippen LogP contribution is -2.52. The Labute approximate surface area is 188 Å². The fourth-order valence-corrected chi connectivity index (χ4v) is 3.56. The molecule has 0 spiro atoms. The molecule has 0 aromatic heterocycles. The molecule has 5 nitrogen and oxygen atoms in total. The molecule has 0 atom stereocenters. The van der Waals surface area contributed by atoms with Crippen molar-refractivity contribution >= 4 is 46.6 Å². The van der Waals surface area contributed by atoms with E-state index >= 15 is 0 Å². The highest BCUT2D eigenvalue weighted by molar-refractivity contribution is 6.36. The Bertz CT molecular complexity index is 1060. The van der Waals surface area contributed by atoms with Crippen LogP contribution in [0.15, 0.2) is 48.2 Å². The van der Waals surface area contributed by atoms with E-state index in [0.29, 0.717) is 6.20 Å². The second-order valence-corrected chi connectivity index (χ2v) is 7.64. The van der Waals surface area contributed by atoms with Gasteiger partial charge in [-0.15, -0.1) is 0 Å². The molecule has 0 radical (unpaired) electrons. The minimum Gasteiger partial charge on any atom is -0.315 e. The average molecular weight is 497 g/mol. The predicted octanol–water partition coefficient (Wildman–Crippen LogP) is 5.18. The number of rotatable bonds is 4. The molecule has 2 amide bonds. The molecule has 2 aromatic carbocycles. The number of nitrogens with one attached hydrogen (secondary N) is 1. The summed E-state index contributed by atoms with van der Waals surface area (Å²) in [5.74, 6) is -2.89. The van der Waals surface area contributed by atoms with Crippen LogP contribution in [0.25, 0.3) is 0 Å². The molecule has 1 heterocycles. The van der Waals surface area contributed by atoms with E-state index in [0.717, 1.165) is 28.1 Å². The van der Waals surface area contributed by atoms with Gasteiger partial charge in [-0.1, -0.05) is 40.9 Å². The summed E-state index contributed by atoms with van der Waals surface area (Å²) in [6.45, 7) is -0.779. The summed E-state index contributed by atoms with van der Waals surface area (Å²) in [6.07, 6.45) is -4.51. The SMILES string of the molecule is O=C(NN1C=C(C(F)(F)F)C(=O)N(Cc2c(Cl)cccc2Cl)C1)c1ccc(F)cc1Cl. The van der Waals surface area contributed by atoms with Crippen molar-refractivity contribution in [2.45, 2.75) is 12.7 Å². The van der Waals surface area contributed by atoms with E-state index in [2.05, 4.69) is 5.43 Å². The molecular formula is C19H12Cl3F4N3O2. The normalized spacial score (nSPS) is 14.5. The second kappa shape index (κ2) is 8.94. The number of nitrogens with zero attached hydrogens (tertiary/aromatic N) is 2. The molecule has 0 saturated carbocycles. The van der Waals surface area contributed by atoms with E-state index in [-0.39, 0.29) is 32.7 Å². The number of carbonyl (C=O) groups is 2. The van der Waals surface area contributed by atoms with Gasteiger partial charge in [0.25, 0.3) is 11.8 Å².